The number of likely N-dealkylation sites (tertiary alicyclic amines) is 1. The van der Waals surface area contributed by atoms with Gasteiger partial charge in [0.15, 0.2) is 0 Å². The number of hydrogen-bond acceptors (Lipinski definition) is 3. The molecule has 1 aromatic carbocycles. The second kappa shape index (κ2) is 5.58. The Hall–Kier alpha value is -0.970. The van der Waals surface area contributed by atoms with E-state index in [1.54, 1.807) is 19.2 Å². The number of nitrogens with zero attached hydrogens (tertiary/aromatic N) is 1. The molecule has 2 rings (SSSR count). The molecular weight excluding hydrogens is 219 g/mol. The zero-order chi connectivity index (χ0) is 12.3. The van der Waals surface area contributed by atoms with Gasteiger partial charge in [0.05, 0.1) is 6.10 Å². The molecule has 2 atom stereocenters. The average Bonchev–Trinajstić information content (AvgIpc) is 2.79. The van der Waals surface area contributed by atoms with Crippen LogP contribution in [0.1, 0.15) is 18.0 Å². The first-order valence-electron chi connectivity index (χ1n) is 5.97. The van der Waals surface area contributed by atoms with E-state index in [2.05, 4.69) is 4.90 Å². The highest BCUT2D eigenvalue weighted by molar-refractivity contribution is 5.21. The standard InChI is InChI=1S/C13H19FN2O/c1-17-12-5-6-16(9-12)13(8-15)10-3-2-4-11(14)7-10/h2-4,7,12-13H,5-6,8-9,15H2,1H3. The summed E-state index contributed by atoms with van der Waals surface area (Å²) in [7, 11) is 1.73. The molecule has 0 spiro atoms. The van der Waals surface area contributed by atoms with Gasteiger partial charge in [0, 0.05) is 32.8 Å². The predicted molar refractivity (Wildman–Crippen MR) is 65.2 cm³/mol. The Morgan fingerprint density at radius 3 is 3.00 bits per heavy atom. The lowest BCUT2D eigenvalue weighted by atomic mass is 10.1. The third-order valence-corrected chi connectivity index (χ3v) is 3.41. The number of benzene rings is 1. The van der Waals surface area contributed by atoms with E-state index in [1.807, 2.05) is 6.07 Å². The topological polar surface area (TPSA) is 38.5 Å². The second-order valence-electron chi connectivity index (χ2n) is 4.45. The van der Waals surface area contributed by atoms with Crippen LogP contribution in [0.2, 0.25) is 0 Å². The zero-order valence-electron chi connectivity index (χ0n) is 10.1. The lowest BCUT2D eigenvalue weighted by Crippen LogP contribution is -2.33. The molecule has 17 heavy (non-hydrogen) atoms. The van der Waals surface area contributed by atoms with Crippen molar-refractivity contribution in [3.63, 3.8) is 0 Å². The molecule has 2 unspecified atom stereocenters. The molecule has 1 aliphatic rings. The molecule has 4 heteroatoms. The third kappa shape index (κ3) is 2.83. The number of ether oxygens (including phenoxy) is 1. The van der Waals surface area contributed by atoms with E-state index in [1.165, 1.54) is 6.07 Å². The molecule has 94 valence electrons. The van der Waals surface area contributed by atoms with E-state index in [9.17, 15) is 4.39 Å². The Bertz CT molecular complexity index is 372. The van der Waals surface area contributed by atoms with Gasteiger partial charge in [-0.1, -0.05) is 12.1 Å². The molecule has 0 amide bonds. The summed E-state index contributed by atoms with van der Waals surface area (Å²) in [5, 5.41) is 0. The Morgan fingerprint density at radius 2 is 2.41 bits per heavy atom. The highest BCUT2D eigenvalue weighted by Gasteiger charge is 2.28. The van der Waals surface area contributed by atoms with Crippen molar-refractivity contribution >= 4 is 0 Å². The minimum Gasteiger partial charge on any atom is -0.380 e. The van der Waals surface area contributed by atoms with E-state index in [4.69, 9.17) is 10.5 Å². The predicted octanol–water partition coefficient (Wildman–Crippen LogP) is 1.55. The lowest BCUT2D eigenvalue weighted by Gasteiger charge is -2.26. The summed E-state index contributed by atoms with van der Waals surface area (Å²) < 4.78 is 18.5. The van der Waals surface area contributed by atoms with Crippen molar-refractivity contribution in [2.45, 2.75) is 18.6 Å². The minimum absolute atomic E-state index is 0.0887. The summed E-state index contributed by atoms with van der Waals surface area (Å²) in [5.74, 6) is -0.205. The average molecular weight is 238 g/mol. The molecule has 0 saturated carbocycles. The van der Waals surface area contributed by atoms with Crippen LogP contribution in [0.25, 0.3) is 0 Å². The number of halogens is 1. The van der Waals surface area contributed by atoms with E-state index >= 15 is 0 Å². The third-order valence-electron chi connectivity index (χ3n) is 3.41. The number of hydrogen-bond donors (Lipinski definition) is 1. The van der Waals surface area contributed by atoms with Crippen molar-refractivity contribution in [1.82, 2.24) is 4.90 Å². The maximum absolute atomic E-state index is 13.2. The van der Waals surface area contributed by atoms with Gasteiger partial charge in [-0.25, -0.2) is 4.39 Å². The highest BCUT2D eigenvalue weighted by atomic mass is 19.1. The molecule has 1 aliphatic heterocycles. The molecule has 2 N–H and O–H groups in total. The SMILES string of the molecule is COC1CCN(C(CN)c2cccc(F)c2)C1. The summed E-state index contributed by atoms with van der Waals surface area (Å²) >= 11 is 0. The zero-order valence-corrected chi connectivity index (χ0v) is 10.1. The second-order valence-corrected chi connectivity index (χ2v) is 4.45. The fourth-order valence-electron chi connectivity index (χ4n) is 2.44. The smallest absolute Gasteiger partial charge is 0.123 e. The van der Waals surface area contributed by atoms with Crippen molar-refractivity contribution in [3.05, 3.63) is 35.6 Å². The summed E-state index contributed by atoms with van der Waals surface area (Å²) in [6.07, 6.45) is 1.29. The van der Waals surface area contributed by atoms with Gasteiger partial charge in [0.2, 0.25) is 0 Å². The van der Waals surface area contributed by atoms with E-state index in [0.717, 1.165) is 25.1 Å². The van der Waals surface area contributed by atoms with Crippen LogP contribution in [-0.2, 0) is 4.74 Å². The Labute approximate surface area is 101 Å². The van der Waals surface area contributed by atoms with Crippen LogP contribution >= 0.6 is 0 Å². The Morgan fingerprint density at radius 1 is 1.59 bits per heavy atom. The quantitative estimate of drug-likeness (QED) is 0.865. The van der Waals surface area contributed by atoms with Crippen molar-refractivity contribution in [1.29, 1.82) is 0 Å². The Balaban J connectivity index is 2.11. The summed E-state index contributed by atoms with van der Waals surface area (Å²) in [5.41, 5.74) is 6.77. The van der Waals surface area contributed by atoms with Crippen LogP contribution in [0.4, 0.5) is 4.39 Å². The van der Waals surface area contributed by atoms with Gasteiger partial charge in [-0.05, 0) is 24.1 Å². The normalized spacial score (nSPS) is 22.9. The number of nitrogens with two attached hydrogens (primary N) is 1. The summed E-state index contributed by atoms with van der Waals surface area (Å²) in [6.45, 7) is 2.33. The molecule has 1 heterocycles. The molecule has 3 nitrogen and oxygen atoms in total. The largest absolute Gasteiger partial charge is 0.380 e. The van der Waals surface area contributed by atoms with Gasteiger partial charge in [-0.3, -0.25) is 4.90 Å². The molecule has 0 aromatic heterocycles. The molecule has 0 radical (unpaired) electrons. The van der Waals surface area contributed by atoms with Gasteiger partial charge in [-0.15, -0.1) is 0 Å². The van der Waals surface area contributed by atoms with Gasteiger partial charge in [0.25, 0.3) is 0 Å². The van der Waals surface area contributed by atoms with E-state index in [-0.39, 0.29) is 18.0 Å². The van der Waals surface area contributed by atoms with Crippen LogP contribution < -0.4 is 5.73 Å². The van der Waals surface area contributed by atoms with Crippen molar-refractivity contribution < 1.29 is 9.13 Å². The maximum Gasteiger partial charge on any atom is 0.123 e. The van der Waals surface area contributed by atoms with Crippen LogP contribution in [0.5, 0.6) is 0 Å². The molecule has 1 saturated heterocycles. The molecule has 1 fully saturated rings. The van der Waals surface area contributed by atoms with Gasteiger partial charge in [0.1, 0.15) is 5.82 Å². The maximum atomic E-state index is 13.2. The van der Waals surface area contributed by atoms with Crippen molar-refractivity contribution in [2.75, 3.05) is 26.7 Å². The van der Waals surface area contributed by atoms with Gasteiger partial charge in [-0.2, -0.15) is 0 Å². The number of rotatable bonds is 4. The van der Waals surface area contributed by atoms with E-state index < -0.39 is 0 Å². The first kappa shape index (κ1) is 12.5. The van der Waals surface area contributed by atoms with Crippen LogP contribution in [-0.4, -0.2) is 37.7 Å². The number of methoxy groups -OCH3 is 1. The van der Waals surface area contributed by atoms with Crippen LogP contribution in [0.3, 0.4) is 0 Å². The monoisotopic (exact) mass is 238 g/mol. The van der Waals surface area contributed by atoms with Crippen LogP contribution in [0, 0.1) is 5.82 Å². The minimum atomic E-state index is -0.205. The molecule has 1 aromatic rings. The van der Waals surface area contributed by atoms with E-state index in [0.29, 0.717) is 6.54 Å². The summed E-state index contributed by atoms with van der Waals surface area (Å²) in [6, 6.07) is 6.78. The molecular formula is C13H19FN2O. The van der Waals surface area contributed by atoms with Gasteiger partial charge >= 0.3 is 0 Å². The molecule has 0 bridgehead atoms. The highest BCUT2D eigenvalue weighted by Crippen LogP contribution is 2.25. The molecule has 0 aliphatic carbocycles. The van der Waals surface area contributed by atoms with Crippen LogP contribution in [0.15, 0.2) is 24.3 Å². The summed E-state index contributed by atoms with van der Waals surface area (Å²) in [4.78, 5) is 2.27. The first-order chi connectivity index (χ1) is 8.24. The van der Waals surface area contributed by atoms with Crippen molar-refractivity contribution in [2.24, 2.45) is 5.73 Å². The first-order valence-corrected chi connectivity index (χ1v) is 5.97. The van der Waals surface area contributed by atoms with Gasteiger partial charge < -0.3 is 10.5 Å². The lowest BCUT2D eigenvalue weighted by molar-refractivity contribution is 0.101. The van der Waals surface area contributed by atoms with Crippen molar-refractivity contribution in [3.8, 4) is 0 Å². The Kier molecular flexibility index (Phi) is 4.10. The fraction of sp³-hybridized carbons (Fsp3) is 0.538. The fourth-order valence-corrected chi connectivity index (χ4v) is 2.44.